The Kier molecular flexibility index (Phi) is 2.71. The van der Waals surface area contributed by atoms with E-state index in [1.54, 1.807) is 6.08 Å². The Bertz CT molecular complexity index is 307. The van der Waals surface area contributed by atoms with Crippen LogP contribution in [0.1, 0.15) is 13.8 Å². The van der Waals surface area contributed by atoms with Gasteiger partial charge in [0.25, 0.3) is 0 Å². The minimum atomic E-state index is -0.589. The molecule has 2 aliphatic rings. The minimum absolute atomic E-state index is 0.105. The van der Waals surface area contributed by atoms with Crippen LogP contribution in [0.4, 0.5) is 0 Å². The second-order valence-corrected chi connectivity index (χ2v) is 4.04. The van der Waals surface area contributed by atoms with Crippen LogP contribution in [0, 0.1) is 11.8 Å². The molecule has 0 unspecified atom stereocenters. The standard InChI is InChI=1S/C11H14O4/c1-6(12)11(7(2)13)8-3-4-10-14-5-9(8)15-10/h3-4,8-11H,5H2,1-2H3/t8-,9+,10+/m0/s1. The monoisotopic (exact) mass is 210 g/mol. The van der Waals surface area contributed by atoms with Crippen molar-refractivity contribution in [1.29, 1.82) is 0 Å². The summed E-state index contributed by atoms with van der Waals surface area (Å²) in [5.74, 6) is -0.968. The van der Waals surface area contributed by atoms with E-state index in [0.717, 1.165) is 0 Å². The second-order valence-electron chi connectivity index (χ2n) is 4.04. The highest BCUT2D eigenvalue weighted by Gasteiger charge is 2.41. The third-order valence-electron chi connectivity index (χ3n) is 2.91. The molecule has 4 nitrogen and oxygen atoms in total. The van der Waals surface area contributed by atoms with E-state index in [0.29, 0.717) is 6.61 Å². The number of carbonyl (C=O) groups is 2. The van der Waals surface area contributed by atoms with Gasteiger partial charge in [-0.05, 0) is 19.9 Å². The van der Waals surface area contributed by atoms with Crippen LogP contribution in [0.25, 0.3) is 0 Å². The van der Waals surface area contributed by atoms with E-state index in [1.165, 1.54) is 13.8 Å². The molecule has 2 rings (SSSR count). The third kappa shape index (κ3) is 1.87. The number of ether oxygens (including phenoxy) is 2. The number of hydrogen-bond donors (Lipinski definition) is 0. The SMILES string of the molecule is CC(=O)C(C(C)=O)[C@H]1C=C[C@@H]2OC[C@H]1O2. The van der Waals surface area contributed by atoms with Gasteiger partial charge < -0.3 is 9.47 Å². The van der Waals surface area contributed by atoms with Crippen LogP contribution in [-0.4, -0.2) is 30.6 Å². The number of Topliss-reactive ketones (excluding diaryl/α,β-unsaturated/α-hetero) is 2. The minimum Gasteiger partial charge on any atom is -0.346 e. The summed E-state index contributed by atoms with van der Waals surface area (Å²) >= 11 is 0. The van der Waals surface area contributed by atoms with E-state index in [9.17, 15) is 9.59 Å². The molecule has 0 aromatic heterocycles. The molecule has 1 fully saturated rings. The summed E-state index contributed by atoms with van der Waals surface area (Å²) in [5, 5.41) is 0. The van der Waals surface area contributed by atoms with Crippen LogP contribution >= 0.6 is 0 Å². The maximum atomic E-state index is 11.4. The normalized spacial score (nSPS) is 33.4. The lowest BCUT2D eigenvalue weighted by Crippen LogP contribution is -2.37. The first-order valence-electron chi connectivity index (χ1n) is 5.06. The van der Waals surface area contributed by atoms with E-state index >= 15 is 0 Å². The maximum Gasteiger partial charge on any atom is 0.177 e. The summed E-state index contributed by atoms with van der Waals surface area (Å²) in [4.78, 5) is 22.8. The highest BCUT2D eigenvalue weighted by Crippen LogP contribution is 2.32. The zero-order valence-electron chi connectivity index (χ0n) is 8.80. The molecule has 2 heterocycles. The lowest BCUT2D eigenvalue weighted by molar-refractivity contribution is -0.134. The second kappa shape index (κ2) is 3.87. The largest absolute Gasteiger partial charge is 0.346 e. The predicted molar refractivity (Wildman–Crippen MR) is 52.1 cm³/mol. The fourth-order valence-corrected chi connectivity index (χ4v) is 2.24. The van der Waals surface area contributed by atoms with E-state index < -0.39 is 5.92 Å². The Morgan fingerprint density at radius 1 is 1.27 bits per heavy atom. The van der Waals surface area contributed by atoms with Crippen molar-refractivity contribution in [1.82, 2.24) is 0 Å². The zero-order valence-corrected chi connectivity index (χ0v) is 8.80. The van der Waals surface area contributed by atoms with Crippen LogP contribution in [0.5, 0.6) is 0 Å². The third-order valence-corrected chi connectivity index (χ3v) is 2.91. The summed E-state index contributed by atoms with van der Waals surface area (Å²) in [6.45, 7) is 3.35. The summed E-state index contributed by atoms with van der Waals surface area (Å²) in [7, 11) is 0. The molecule has 2 aliphatic heterocycles. The van der Waals surface area contributed by atoms with Crippen molar-refractivity contribution in [3.63, 3.8) is 0 Å². The zero-order chi connectivity index (χ0) is 11.0. The van der Waals surface area contributed by atoms with E-state index in [1.807, 2.05) is 6.08 Å². The van der Waals surface area contributed by atoms with Crippen molar-refractivity contribution in [3.05, 3.63) is 12.2 Å². The summed E-state index contributed by atoms with van der Waals surface area (Å²) in [6.07, 6.45) is 3.20. The predicted octanol–water partition coefficient (Wildman–Crippen LogP) is 0.708. The van der Waals surface area contributed by atoms with E-state index in [-0.39, 0.29) is 29.9 Å². The van der Waals surface area contributed by atoms with Crippen molar-refractivity contribution in [2.45, 2.75) is 26.2 Å². The molecular formula is C11H14O4. The van der Waals surface area contributed by atoms with Gasteiger partial charge in [-0.25, -0.2) is 0 Å². The molecule has 15 heavy (non-hydrogen) atoms. The summed E-state index contributed by atoms with van der Waals surface area (Å²) < 4.78 is 10.8. The summed E-state index contributed by atoms with van der Waals surface area (Å²) in [6, 6.07) is 0. The number of rotatable bonds is 3. The number of carbonyl (C=O) groups excluding carboxylic acids is 2. The van der Waals surface area contributed by atoms with Crippen LogP contribution in [0.15, 0.2) is 12.2 Å². The van der Waals surface area contributed by atoms with Gasteiger partial charge in [-0.3, -0.25) is 9.59 Å². The molecule has 0 aliphatic carbocycles. The summed E-state index contributed by atoms with van der Waals surface area (Å²) in [5.41, 5.74) is 0. The first-order valence-corrected chi connectivity index (χ1v) is 5.06. The van der Waals surface area contributed by atoms with Crippen molar-refractivity contribution in [2.24, 2.45) is 11.8 Å². The van der Waals surface area contributed by atoms with Gasteiger partial charge in [0.05, 0.1) is 18.6 Å². The highest BCUT2D eigenvalue weighted by atomic mass is 16.7. The van der Waals surface area contributed by atoms with Crippen molar-refractivity contribution in [3.8, 4) is 0 Å². The van der Waals surface area contributed by atoms with E-state index in [4.69, 9.17) is 9.47 Å². The first kappa shape index (κ1) is 10.5. The van der Waals surface area contributed by atoms with Crippen molar-refractivity contribution >= 4 is 11.6 Å². The average Bonchev–Trinajstić information content (AvgIpc) is 2.52. The van der Waals surface area contributed by atoms with E-state index in [2.05, 4.69) is 0 Å². The maximum absolute atomic E-state index is 11.4. The van der Waals surface area contributed by atoms with Gasteiger partial charge in [0.2, 0.25) is 0 Å². The van der Waals surface area contributed by atoms with Gasteiger partial charge in [-0.2, -0.15) is 0 Å². The topological polar surface area (TPSA) is 52.6 Å². The molecule has 1 saturated heterocycles. The molecule has 0 amide bonds. The number of ketones is 2. The smallest absolute Gasteiger partial charge is 0.177 e. The Morgan fingerprint density at radius 3 is 2.53 bits per heavy atom. The molecule has 0 radical (unpaired) electrons. The highest BCUT2D eigenvalue weighted by molar-refractivity contribution is 6.00. The molecular weight excluding hydrogens is 196 g/mol. The van der Waals surface area contributed by atoms with Crippen LogP contribution in [0.3, 0.4) is 0 Å². The van der Waals surface area contributed by atoms with Gasteiger partial charge in [-0.15, -0.1) is 0 Å². The van der Waals surface area contributed by atoms with Crippen molar-refractivity contribution in [2.75, 3.05) is 6.61 Å². The Hall–Kier alpha value is -1.00. The molecule has 0 saturated carbocycles. The quantitative estimate of drug-likeness (QED) is 0.508. The van der Waals surface area contributed by atoms with Gasteiger partial charge in [0, 0.05) is 5.92 Å². The molecule has 0 aromatic carbocycles. The molecule has 3 atom stereocenters. The van der Waals surface area contributed by atoms with Crippen molar-refractivity contribution < 1.29 is 19.1 Å². The molecule has 0 N–H and O–H groups in total. The van der Waals surface area contributed by atoms with Gasteiger partial charge in [0.1, 0.15) is 11.6 Å². The fraction of sp³-hybridized carbons (Fsp3) is 0.636. The fourth-order valence-electron chi connectivity index (χ4n) is 2.24. The number of hydrogen-bond acceptors (Lipinski definition) is 4. The Labute approximate surface area is 88.2 Å². The van der Waals surface area contributed by atoms with Crippen LogP contribution < -0.4 is 0 Å². The average molecular weight is 210 g/mol. The Balaban J connectivity index is 2.21. The molecule has 0 aromatic rings. The first-order chi connectivity index (χ1) is 7.09. The molecule has 82 valence electrons. The van der Waals surface area contributed by atoms with Gasteiger partial charge in [0.15, 0.2) is 6.29 Å². The molecule has 2 bridgehead atoms. The van der Waals surface area contributed by atoms with Crippen LogP contribution in [0.2, 0.25) is 0 Å². The van der Waals surface area contributed by atoms with Gasteiger partial charge in [-0.1, -0.05) is 6.08 Å². The van der Waals surface area contributed by atoms with Gasteiger partial charge >= 0.3 is 0 Å². The van der Waals surface area contributed by atoms with Crippen LogP contribution in [-0.2, 0) is 19.1 Å². The lowest BCUT2D eigenvalue weighted by Gasteiger charge is -2.27. The molecule has 0 spiro atoms. The Morgan fingerprint density at radius 2 is 1.93 bits per heavy atom. The molecule has 4 heteroatoms. The lowest BCUT2D eigenvalue weighted by atomic mass is 9.82. The number of fused-ring (bicyclic) bond motifs is 2.